The monoisotopic (exact) mass is 542 g/mol. The predicted octanol–water partition coefficient (Wildman–Crippen LogP) is 3.85. The molecule has 1 spiro atoms. The zero-order valence-corrected chi connectivity index (χ0v) is 22.6. The largest absolute Gasteiger partial charge is 0.374 e. The lowest BCUT2D eigenvalue weighted by Crippen LogP contribution is -2.49. The Balaban J connectivity index is 1.31. The van der Waals surface area contributed by atoms with Crippen LogP contribution in [-0.4, -0.2) is 42.5 Å². The van der Waals surface area contributed by atoms with Crippen molar-refractivity contribution in [2.24, 2.45) is 12.5 Å². The molecule has 1 fully saturated rings. The number of nitrogens with zero attached hydrogens (tertiary/aromatic N) is 4. The van der Waals surface area contributed by atoms with Crippen molar-refractivity contribution in [1.82, 2.24) is 24.9 Å². The third-order valence-electron chi connectivity index (χ3n) is 8.45. The summed E-state index contributed by atoms with van der Waals surface area (Å²) in [7, 11) is 1.67. The number of hydrogen-bond acceptors (Lipinski definition) is 5. The fraction of sp³-hybridized carbons (Fsp3) is 0.333. The fourth-order valence-electron chi connectivity index (χ4n) is 6.32. The van der Waals surface area contributed by atoms with Crippen LogP contribution in [0.25, 0.3) is 11.1 Å². The second-order valence-corrected chi connectivity index (χ2v) is 10.9. The first kappa shape index (κ1) is 25.9. The molecule has 2 aliphatic rings. The van der Waals surface area contributed by atoms with Crippen LogP contribution in [0.5, 0.6) is 0 Å². The van der Waals surface area contributed by atoms with Gasteiger partial charge in [-0.05, 0) is 85.5 Å². The number of nitrogens with one attached hydrogen (secondary N) is 2. The summed E-state index contributed by atoms with van der Waals surface area (Å²) in [5.41, 5.74) is 6.00. The van der Waals surface area contributed by atoms with Gasteiger partial charge in [-0.1, -0.05) is 18.2 Å². The number of amides is 2. The zero-order chi connectivity index (χ0) is 28.2. The van der Waals surface area contributed by atoms with E-state index >= 15 is 0 Å². The van der Waals surface area contributed by atoms with E-state index in [1.807, 2.05) is 26.0 Å². The second kappa shape index (κ2) is 9.71. The van der Waals surface area contributed by atoms with Crippen LogP contribution in [0.1, 0.15) is 51.8 Å². The molecule has 9 nitrogen and oxygen atoms in total. The molecule has 3 N–H and O–H groups in total. The van der Waals surface area contributed by atoms with Gasteiger partial charge in [0.1, 0.15) is 24.3 Å². The minimum Gasteiger partial charge on any atom is -0.374 e. The van der Waals surface area contributed by atoms with Gasteiger partial charge in [0, 0.05) is 36.1 Å². The number of aliphatic hydroxyl groups is 1. The minimum atomic E-state index is -0.917. The van der Waals surface area contributed by atoms with Gasteiger partial charge >= 0.3 is 0 Å². The average molecular weight is 543 g/mol. The van der Waals surface area contributed by atoms with E-state index in [4.69, 9.17) is 0 Å². The highest BCUT2D eigenvalue weighted by Gasteiger charge is 2.58. The molecule has 40 heavy (non-hydrogen) atoms. The number of aryl methyl sites for hydroxylation is 2. The molecular weight excluding hydrogens is 511 g/mol. The molecule has 0 saturated heterocycles. The van der Waals surface area contributed by atoms with E-state index in [9.17, 15) is 19.1 Å². The number of anilines is 1. The van der Waals surface area contributed by atoms with Gasteiger partial charge in [0.15, 0.2) is 0 Å². The molecule has 1 unspecified atom stereocenters. The van der Waals surface area contributed by atoms with Crippen LogP contribution in [0.4, 0.5) is 10.1 Å². The number of aliphatic hydroxyl groups excluding tert-OH is 1. The first-order chi connectivity index (χ1) is 19.2. The number of carbonyl (C=O) groups is 2. The summed E-state index contributed by atoms with van der Waals surface area (Å²) in [5.74, 6) is -1.49. The Bertz CT molecular complexity index is 1620. The molecule has 1 saturated carbocycles. The number of aromatic nitrogens is 4. The van der Waals surface area contributed by atoms with Gasteiger partial charge in [0.2, 0.25) is 5.91 Å². The quantitative estimate of drug-likeness (QED) is 0.328. The Hall–Kier alpha value is -4.31. The van der Waals surface area contributed by atoms with Crippen molar-refractivity contribution in [3.05, 3.63) is 88.8 Å². The average Bonchev–Trinajstić information content (AvgIpc) is 3.30. The number of carbonyl (C=O) groups excluding carboxylic acids is 2. The van der Waals surface area contributed by atoms with E-state index in [1.54, 1.807) is 31.3 Å². The normalized spacial score (nSPS) is 17.5. The Morgan fingerprint density at radius 3 is 2.52 bits per heavy atom. The standard InChI is InChI=1S/C30H31FN6O3/c1-17-25(18(2)37(16-38)35-17)19-5-8-22(9-6-19)33-29(40)27(34-28(39)24-10-13-32-36(24)3)26-23-14-21(31)7-4-20(23)15-30(26)11-12-30/h4-10,13-14,26-27,38H,11-12,15-16H2,1-3H3,(H,33,40)(H,34,39)/t26?,27-/m0/s1. The van der Waals surface area contributed by atoms with Gasteiger partial charge < -0.3 is 15.7 Å². The lowest BCUT2D eigenvalue weighted by Gasteiger charge is -2.29. The summed E-state index contributed by atoms with van der Waals surface area (Å²) in [5, 5.41) is 23.9. The van der Waals surface area contributed by atoms with E-state index < -0.39 is 11.9 Å². The Labute approximate surface area is 231 Å². The number of halogens is 1. The van der Waals surface area contributed by atoms with Crippen molar-refractivity contribution < 1.29 is 19.1 Å². The molecular formula is C30H31FN6O3. The molecule has 2 aromatic carbocycles. The molecule has 2 aromatic heterocycles. The molecule has 2 aliphatic carbocycles. The SMILES string of the molecule is Cc1nn(CO)c(C)c1-c1ccc(NC(=O)[C@@H](NC(=O)c2ccnn2C)C2c3cc(F)ccc3CC23CC3)cc1. The maximum absolute atomic E-state index is 14.4. The van der Waals surface area contributed by atoms with Gasteiger partial charge in [-0.15, -0.1) is 0 Å². The summed E-state index contributed by atoms with van der Waals surface area (Å²) >= 11 is 0. The topological polar surface area (TPSA) is 114 Å². The van der Waals surface area contributed by atoms with Crippen molar-refractivity contribution in [3.8, 4) is 11.1 Å². The maximum Gasteiger partial charge on any atom is 0.270 e. The smallest absolute Gasteiger partial charge is 0.270 e. The Morgan fingerprint density at radius 1 is 1.15 bits per heavy atom. The van der Waals surface area contributed by atoms with E-state index in [2.05, 4.69) is 20.8 Å². The highest BCUT2D eigenvalue weighted by molar-refractivity contribution is 6.01. The van der Waals surface area contributed by atoms with Crippen molar-refractivity contribution in [2.45, 2.75) is 51.8 Å². The third kappa shape index (κ3) is 4.38. The van der Waals surface area contributed by atoms with Crippen LogP contribution in [0.15, 0.2) is 54.7 Å². The van der Waals surface area contributed by atoms with Crippen LogP contribution in [0, 0.1) is 25.1 Å². The predicted molar refractivity (Wildman–Crippen MR) is 147 cm³/mol. The molecule has 6 rings (SSSR count). The molecule has 2 atom stereocenters. The van der Waals surface area contributed by atoms with E-state index in [1.165, 1.54) is 27.7 Å². The van der Waals surface area contributed by atoms with E-state index in [0.717, 1.165) is 52.9 Å². The van der Waals surface area contributed by atoms with E-state index in [0.29, 0.717) is 11.4 Å². The van der Waals surface area contributed by atoms with Crippen molar-refractivity contribution in [1.29, 1.82) is 0 Å². The highest BCUT2D eigenvalue weighted by atomic mass is 19.1. The van der Waals surface area contributed by atoms with E-state index in [-0.39, 0.29) is 29.8 Å². The Kier molecular flexibility index (Phi) is 6.29. The molecule has 10 heteroatoms. The van der Waals surface area contributed by atoms with Crippen LogP contribution in [-0.2, 0) is 25.0 Å². The Morgan fingerprint density at radius 2 is 1.90 bits per heavy atom. The molecule has 0 bridgehead atoms. The number of fused-ring (bicyclic) bond motifs is 1. The lowest BCUT2D eigenvalue weighted by molar-refractivity contribution is -0.118. The summed E-state index contributed by atoms with van der Waals surface area (Å²) in [6.45, 7) is 3.57. The third-order valence-corrected chi connectivity index (χ3v) is 8.45. The summed E-state index contributed by atoms with van der Waals surface area (Å²) in [6, 6.07) is 12.8. The van der Waals surface area contributed by atoms with Gasteiger partial charge in [-0.3, -0.25) is 14.3 Å². The van der Waals surface area contributed by atoms with Gasteiger partial charge in [0.05, 0.1) is 5.69 Å². The maximum atomic E-state index is 14.4. The summed E-state index contributed by atoms with van der Waals surface area (Å²) < 4.78 is 17.4. The molecule has 2 amide bonds. The second-order valence-electron chi connectivity index (χ2n) is 10.9. The van der Waals surface area contributed by atoms with Gasteiger partial charge in [-0.2, -0.15) is 10.2 Å². The zero-order valence-electron chi connectivity index (χ0n) is 22.6. The van der Waals surface area contributed by atoms with Crippen LogP contribution < -0.4 is 10.6 Å². The highest BCUT2D eigenvalue weighted by Crippen LogP contribution is 2.64. The van der Waals surface area contributed by atoms with Crippen LogP contribution >= 0.6 is 0 Å². The van der Waals surface area contributed by atoms with Crippen molar-refractivity contribution in [3.63, 3.8) is 0 Å². The number of benzene rings is 2. The number of rotatable bonds is 7. The first-order valence-corrected chi connectivity index (χ1v) is 13.3. The molecule has 2 heterocycles. The fourth-order valence-corrected chi connectivity index (χ4v) is 6.32. The van der Waals surface area contributed by atoms with Crippen LogP contribution in [0.2, 0.25) is 0 Å². The minimum absolute atomic E-state index is 0.177. The number of hydrogen-bond donors (Lipinski definition) is 3. The lowest BCUT2D eigenvalue weighted by atomic mass is 9.82. The molecule has 4 aromatic rings. The summed E-state index contributed by atoms with van der Waals surface area (Å²) in [6.07, 6.45) is 4.11. The van der Waals surface area contributed by atoms with Crippen LogP contribution in [0.3, 0.4) is 0 Å². The summed E-state index contributed by atoms with van der Waals surface area (Å²) in [4.78, 5) is 27.2. The van der Waals surface area contributed by atoms with Crippen molar-refractivity contribution in [2.75, 3.05) is 5.32 Å². The van der Waals surface area contributed by atoms with Gasteiger partial charge in [0.25, 0.3) is 5.91 Å². The first-order valence-electron chi connectivity index (χ1n) is 13.3. The molecule has 0 radical (unpaired) electrons. The molecule has 206 valence electrons. The van der Waals surface area contributed by atoms with Gasteiger partial charge in [-0.25, -0.2) is 9.07 Å². The van der Waals surface area contributed by atoms with Crippen molar-refractivity contribution >= 4 is 17.5 Å². The molecule has 0 aliphatic heterocycles.